The predicted octanol–water partition coefficient (Wildman–Crippen LogP) is 3.40. The zero-order chi connectivity index (χ0) is 15.5. The van der Waals surface area contributed by atoms with E-state index in [1.165, 1.54) is 37.8 Å². The molecule has 1 saturated carbocycles. The van der Waals surface area contributed by atoms with Crippen molar-refractivity contribution in [1.82, 2.24) is 9.78 Å². The first-order valence-electron chi connectivity index (χ1n) is 7.70. The Balaban J connectivity index is 1.64. The van der Waals surface area contributed by atoms with Crippen molar-refractivity contribution in [2.24, 2.45) is 7.05 Å². The Morgan fingerprint density at radius 1 is 1.32 bits per heavy atom. The normalized spacial score (nSPS) is 15.2. The summed E-state index contributed by atoms with van der Waals surface area (Å²) in [7, 11) is 1.84. The zero-order valence-electron chi connectivity index (χ0n) is 12.7. The van der Waals surface area contributed by atoms with Crippen LogP contribution in [-0.4, -0.2) is 15.7 Å². The third-order valence-electron chi connectivity index (χ3n) is 4.22. The largest absolute Gasteiger partial charge is 0.311 e. The molecule has 0 spiro atoms. The Morgan fingerprint density at radius 3 is 2.68 bits per heavy atom. The van der Waals surface area contributed by atoms with E-state index in [0.29, 0.717) is 11.7 Å². The molecule has 1 aliphatic carbocycles. The highest BCUT2D eigenvalue weighted by Crippen LogP contribution is 2.34. The molecule has 22 heavy (non-hydrogen) atoms. The summed E-state index contributed by atoms with van der Waals surface area (Å²) in [5.41, 5.74) is 1.86. The minimum atomic E-state index is -0.294. The highest BCUT2D eigenvalue weighted by atomic mass is 19.1. The molecule has 0 radical (unpaired) electrons. The Morgan fingerprint density at radius 2 is 2.00 bits per heavy atom. The zero-order valence-corrected chi connectivity index (χ0v) is 12.7. The van der Waals surface area contributed by atoms with E-state index in [0.717, 1.165) is 11.3 Å². The molecule has 1 N–H and O–H groups in total. The van der Waals surface area contributed by atoms with E-state index in [1.54, 1.807) is 16.8 Å². The average Bonchev–Trinajstić information content (AvgIpc) is 3.12. The molecule has 2 aromatic rings. The number of carbonyl (C=O) groups is 1. The van der Waals surface area contributed by atoms with Crippen LogP contribution in [0.3, 0.4) is 0 Å². The summed E-state index contributed by atoms with van der Waals surface area (Å²) in [5, 5.41) is 7.40. The maximum Gasteiger partial charge on any atom is 0.229 e. The van der Waals surface area contributed by atoms with Crippen molar-refractivity contribution in [2.45, 2.75) is 38.0 Å². The van der Waals surface area contributed by atoms with E-state index in [2.05, 4.69) is 10.4 Å². The van der Waals surface area contributed by atoms with Crippen LogP contribution < -0.4 is 5.32 Å². The maximum absolute atomic E-state index is 12.9. The third-order valence-corrected chi connectivity index (χ3v) is 4.22. The fourth-order valence-corrected chi connectivity index (χ4v) is 3.00. The second-order valence-electron chi connectivity index (χ2n) is 5.91. The molecule has 0 saturated heterocycles. The second-order valence-corrected chi connectivity index (χ2v) is 5.91. The Hall–Kier alpha value is -2.17. The quantitative estimate of drug-likeness (QED) is 0.941. The van der Waals surface area contributed by atoms with E-state index in [4.69, 9.17) is 0 Å². The number of amides is 1. The van der Waals surface area contributed by atoms with Gasteiger partial charge < -0.3 is 5.32 Å². The van der Waals surface area contributed by atoms with Gasteiger partial charge in [-0.05, 0) is 30.5 Å². The van der Waals surface area contributed by atoms with Crippen LogP contribution in [0.1, 0.15) is 42.9 Å². The van der Waals surface area contributed by atoms with Crippen molar-refractivity contribution in [3.05, 3.63) is 47.4 Å². The van der Waals surface area contributed by atoms with Crippen molar-refractivity contribution >= 4 is 11.7 Å². The van der Waals surface area contributed by atoms with Gasteiger partial charge in [-0.15, -0.1) is 0 Å². The monoisotopic (exact) mass is 301 g/mol. The molecule has 1 heterocycles. The summed E-state index contributed by atoms with van der Waals surface area (Å²) < 4.78 is 14.6. The highest BCUT2D eigenvalue weighted by molar-refractivity contribution is 5.91. The van der Waals surface area contributed by atoms with E-state index in [1.807, 2.05) is 13.1 Å². The number of hydrogen-bond acceptors (Lipinski definition) is 2. The molecule has 0 atom stereocenters. The first-order valence-corrected chi connectivity index (χ1v) is 7.70. The fraction of sp³-hybridized carbons (Fsp3) is 0.412. The number of nitrogens with one attached hydrogen (secondary N) is 1. The van der Waals surface area contributed by atoms with Gasteiger partial charge in [-0.1, -0.05) is 25.0 Å². The van der Waals surface area contributed by atoms with Gasteiger partial charge in [0, 0.05) is 19.0 Å². The van der Waals surface area contributed by atoms with Gasteiger partial charge in [0.15, 0.2) is 0 Å². The number of halogens is 1. The van der Waals surface area contributed by atoms with Gasteiger partial charge in [-0.3, -0.25) is 9.48 Å². The molecule has 0 bridgehead atoms. The minimum absolute atomic E-state index is 0.118. The summed E-state index contributed by atoms with van der Waals surface area (Å²) >= 11 is 0. The van der Waals surface area contributed by atoms with E-state index in [9.17, 15) is 9.18 Å². The SMILES string of the molecule is Cn1nc(C2CCCC2)cc1NC(=O)Cc1ccc(F)cc1. The maximum atomic E-state index is 12.9. The number of carbonyl (C=O) groups excluding carboxylic acids is 1. The topological polar surface area (TPSA) is 46.9 Å². The molecule has 1 aromatic heterocycles. The molecular weight excluding hydrogens is 281 g/mol. The second kappa shape index (κ2) is 6.30. The standard InChI is InChI=1S/C17H20FN3O/c1-21-16(11-15(20-21)13-4-2-3-5-13)19-17(22)10-12-6-8-14(18)9-7-12/h6-9,11,13H,2-5,10H2,1H3,(H,19,22). The molecule has 0 aliphatic heterocycles. The van der Waals surface area contributed by atoms with E-state index >= 15 is 0 Å². The summed E-state index contributed by atoms with van der Waals surface area (Å²) in [6.07, 6.45) is 5.10. The van der Waals surface area contributed by atoms with Crippen LogP contribution in [0.15, 0.2) is 30.3 Å². The van der Waals surface area contributed by atoms with E-state index in [-0.39, 0.29) is 18.1 Å². The molecule has 3 rings (SSSR count). The lowest BCUT2D eigenvalue weighted by molar-refractivity contribution is -0.115. The Labute approximate surface area is 129 Å². The highest BCUT2D eigenvalue weighted by Gasteiger charge is 2.21. The molecule has 0 unspecified atom stereocenters. The summed E-state index contributed by atoms with van der Waals surface area (Å²) in [5.74, 6) is 0.826. The summed E-state index contributed by atoms with van der Waals surface area (Å²) in [4.78, 5) is 12.1. The van der Waals surface area contributed by atoms with Crippen LogP contribution >= 0.6 is 0 Å². The van der Waals surface area contributed by atoms with Crippen LogP contribution in [0, 0.1) is 5.82 Å². The van der Waals surface area contributed by atoms with Gasteiger partial charge in [0.25, 0.3) is 0 Å². The first-order chi connectivity index (χ1) is 10.6. The number of aromatic nitrogens is 2. The lowest BCUT2D eigenvalue weighted by atomic mass is 10.0. The lowest BCUT2D eigenvalue weighted by Crippen LogP contribution is -2.16. The van der Waals surface area contributed by atoms with Crippen molar-refractivity contribution in [3.63, 3.8) is 0 Å². The molecule has 1 aromatic carbocycles. The lowest BCUT2D eigenvalue weighted by Gasteiger charge is -2.05. The smallest absolute Gasteiger partial charge is 0.229 e. The number of nitrogens with zero attached hydrogens (tertiary/aromatic N) is 2. The minimum Gasteiger partial charge on any atom is -0.311 e. The molecular formula is C17H20FN3O. The Kier molecular flexibility index (Phi) is 4.22. The van der Waals surface area contributed by atoms with Gasteiger partial charge in [0.1, 0.15) is 11.6 Å². The third kappa shape index (κ3) is 3.35. The van der Waals surface area contributed by atoms with Crippen LogP contribution in [0.4, 0.5) is 10.2 Å². The predicted molar refractivity (Wildman–Crippen MR) is 83.2 cm³/mol. The van der Waals surface area contributed by atoms with Gasteiger partial charge in [0.2, 0.25) is 5.91 Å². The summed E-state index contributed by atoms with van der Waals surface area (Å²) in [6.45, 7) is 0. The molecule has 116 valence electrons. The average molecular weight is 301 g/mol. The molecule has 4 nitrogen and oxygen atoms in total. The number of anilines is 1. The van der Waals surface area contributed by atoms with Crippen LogP contribution in [0.5, 0.6) is 0 Å². The van der Waals surface area contributed by atoms with Gasteiger partial charge >= 0.3 is 0 Å². The van der Waals surface area contributed by atoms with Gasteiger partial charge in [-0.25, -0.2) is 4.39 Å². The van der Waals surface area contributed by atoms with Crippen molar-refractivity contribution in [3.8, 4) is 0 Å². The number of rotatable bonds is 4. The van der Waals surface area contributed by atoms with Gasteiger partial charge in [0.05, 0.1) is 12.1 Å². The van der Waals surface area contributed by atoms with Crippen LogP contribution in [-0.2, 0) is 18.3 Å². The van der Waals surface area contributed by atoms with Crippen LogP contribution in [0.25, 0.3) is 0 Å². The molecule has 5 heteroatoms. The number of hydrogen-bond donors (Lipinski definition) is 1. The number of benzene rings is 1. The summed E-state index contributed by atoms with van der Waals surface area (Å²) in [6, 6.07) is 7.96. The van der Waals surface area contributed by atoms with Crippen molar-refractivity contribution < 1.29 is 9.18 Å². The molecule has 1 aliphatic rings. The first kappa shape index (κ1) is 14.8. The molecule has 1 amide bonds. The number of aryl methyl sites for hydroxylation is 1. The molecule has 1 fully saturated rings. The van der Waals surface area contributed by atoms with E-state index < -0.39 is 0 Å². The van der Waals surface area contributed by atoms with Crippen molar-refractivity contribution in [2.75, 3.05) is 5.32 Å². The fourth-order valence-electron chi connectivity index (χ4n) is 3.00. The van der Waals surface area contributed by atoms with Gasteiger partial charge in [-0.2, -0.15) is 5.10 Å². The van der Waals surface area contributed by atoms with Crippen molar-refractivity contribution in [1.29, 1.82) is 0 Å². The van der Waals surface area contributed by atoms with Crippen LogP contribution in [0.2, 0.25) is 0 Å². The Bertz CT molecular complexity index is 657.